The predicted molar refractivity (Wildman–Crippen MR) is 84.9 cm³/mol. The first kappa shape index (κ1) is 16.3. The maximum atomic E-state index is 9.39. The molecule has 2 aliphatic rings. The van der Waals surface area contributed by atoms with Crippen LogP contribution >= 0.6 is 0 Å². The highest BCUT2D eigenvalue weighted by atomic mass is 16.3. The van der Waals surface area contributed by atoms with Gasteiger partial charge in [-0.05, 0) is 37.6 Å². The molecule has 0 radical (unpaired) electrons. The minimum Gasteiger partial charge on any atom is -0.395 e. The number of piperazine rings is 1. The minimum absolute atomic E-state index is 0.316. The van der Waals surface area contributed by atoms with Crippen LogP contribution < -0.4 is 0 Å². The summed E-state index contributed by atoms with van der Waals surface area (Å²) in [6, 6.07) is 0.386. The van der Waals surface area contributed by atoms with Gasteiger partial charge >= 0.3 is 0 Å². The van der Waals surface area contributed by atoms with E-state index in [-0.39, 0.29) is 0 Å². The molecule has 3 heteroatoms. The largest absolute Gasteiger partial charge is 0.395 e. The Bertz CT molecular complexity index is 260. The minimum atomic E-state index is 0.316. The molecule has 3 nitrogen and oxygen atoms in total. The average molecular weight is 282 g/mol. The highest BCUT2D eigenvalue weighted by Crippen LogP contribution is 2.30. The van der Waals surface area contributed by atoms with Gasteiger partial charge in [0.15, 0.2) is 0 Å². The Morgan fingerprint density at radius 2 is 1.90 bits per heavy atom. The van der Waals surface area contributed by atoms with E-state index in [9.17, 15) is 5.11 Å². The van der Waals surface area contributed by atoms with E-state index in [1.165, 1.54) is 51.7 Å². The van der Waals surface area contributed by atoms with Gasteiger partial charge < -0.3 is 10.0 Å². The van der Waals surface area contributed by atoms with E-state index in [0.717, 1.165) is 31.3 Å². The lowest BCUT2D eigenvalue weighted by atomic mass is 9.81. The van der Waals surface area contributed by atoms with E-state index in [4.69, 9.17) is 0 Å². The SMILES string of the molecule is CCC(CO)N1CCN(CCC2CCCC(C)C2)CC1. The summed E-state index contributed by atoms with van der Waals surface area (Å²) >= 11 is 0. The summed E-state index contributed by atoms with van der Waals surface area (Å²) in [7, 11) is 0. The van der Waals surface area contributed by atoms with Gasteiger partial charge in [0.25, 0.3) is 0 Å². The first-order chi connectivity index (χ1) is 9.72. The third kappa shape index (κ3) is 4.71. The highest BCUT2D eigenvalue weighted by Gasteiger charge is 2.24. The Labute approximate surface area is 125 Å². The van der Waals surface area contributed by atoms with E-state index in [2.05, 4.69) is 23.6 Å². The maximum Gasteiger partial charge on any atom is 0.0586 e. The van der Waals surface area contributed by atoms with E-state index in [1.54, 1.807) is 0 Å². The second-order valence-electron chi connectivity index (χ2n) is 7.05. The van der Waals surface area contributed by atoms with Gasteiger partial charge in [0.1, 0.15) is 0 Å². The molecule has 2 rings (SSSR count). The van der Waals surface area contributed by atoms with Crippen LogP contribution in [0.1, 0.15) is 52.4 Å². The van der Waals surface area contributed by atoms with Gasteiger partial charge in [0.2, 0.25) is 0 Å². The smallest absolute Gasteiger partial charge is 0.0586 e. The Hall–Kier alpha value is -0.120. The lowest BCUT2D eigenvalue weighted by molar-refractivity contribution is 0.0601. The molecule has 0 amide bonds. The van der Waals surface area contributed by atoms with Crippen molar-refractivity contribution in [1.29, 1.82) is 0 Å². The van der Waals surface area contributed by atoms with Crippen molar-refractivity contribution in [2.75, 3.05) is 39.3 Å². The molecule has 0 spiro atoms. The first-order valence-electron chi connectivity index (χ1n) is 8.80. The molecular formula is C17H34N2O. The van der Waals surface area contributed by atoms with Gasteiger partial charge in [-0.2, -0.15) is 0 Å². The Morgan fingerprint density at radius 1 is 1.15 bits per heavy atom. The topological polar surface area (TPSA) is 26.7 Å². The fourth-order valence-corrected chi connectivity index (χ4v) is 4.04. The van der Waals surface area contributed by atoms with Gasteiger partial charge in [-0.25, -0.2) is 0 Å². The van der Waals surface area contributed by atoms with Crippen molar-refractivity contribution in [1.82, 2.24) is 9.80 Å². The molecule has 2 fully saturated rings. The van der Waals surface area contributed by atoms with E-state index in [1.807, 2.05) is 0 Å². The fraction of sp³-hybridized carbons (Fsp3) is 1.00. The van der Waals surface area contributed by atoms with E-state index >= 15 is 0 Å². The van der Waals surface area contributed by atoms with Crippen LogP contribution in [0, 0.1) is 11.8 Å². The maximum absolute atomic E-state index is 9.39. The van der Waals surface area contributed by atoms with Crippen LogP contribution in [0.15, 0.2) is 0 Å². The van der Waals surface area contributed by atoms with Gasteiger partial charge in [-0.3, -0.25) is 4.90 Å². The van der Waals surface area contributed by atoms with Crippen molar-refractivity contribution >= 4 is 0 Å². The lowest BCUT2D eigenvalue weighted by Crippen LogP contribution is -2.51. The second kappa shape index (κ2) is 8.35. The standard InChI is InChI=1S/C17H34N2O/c1-3-17(14-20)19-11-9-18(10-12-19)8-7-16-6-4-5-15(2)13-16/h15-17,20H,3-14H2,1-2H3. The van der Waals surface area contributed by atoms with Crippen molar-refractivity contribution in [3.63, 3.8) is 0 Å². The molecule has 1 N–H and O–H groups in total. The summed E-state index contributed by atoms with van der Waals surface area (Å²) in [6.07, 6.45) is 8.30. The van der Waals surface area contributed by atoms with E-state index < -0.39 is 0 Å². The number of rotatable bonds is 6. The normalized spacial score (nSPS) is 31.4. The summed E-state index contributed by atoms with van der Waals surface area (Å²) in [5.74, 6) is 1.94. The highest BCUT2D eigenvalue weighted by molar-refractivity contribution is 4.79. The van der Waals surface area contributed by atoms with Crippen LogP contribution in [-0.4, -0.2) is 60.3 Å². The molecular weight excluding hydrogens is 248 g/mol. The van der Waals surface area contributed by atoms with Gasteiger partial charge in [0, 0.05) is 32.2 Å². The van der Waals surface area contributed by atoms with Crippen molar-refractivity contribution < 1.29 is 5.11 Å². The molecule has 0 aromatic heterocycles. The average Bonchev–Trinajstić information content (AvgIpc) is 2.48. The fourth-order valence-electron chi connectivity index (χ4n) is 4.04. The van der Waals surface area contributed by atoms with Gasteiger partial charge in [-0.1, -0.05) is 33.1 Å². The zero-order chi connectivity index (χ0) is 14.4. The summed E-state index contributed by atoms with van der Waals surface area (Å²) in [4.78, 5) is 5.11. The molecule has 3 atom stereocenters. The van der Waals surface area contributed by atoms with E-state index in [0.29, 0.717) is 12.6 Å². The lowest BCUT2D eigenvalue weighted by Gasteiger charge is -2.39. The monoisotopic (exact) mass is 282 g/mol. The number of hydrogen-bond acceptors (Lipinski definition) is 3. The summed E-state index contributed by atoms with van der Waals surface area (Å²) in [5, 5.41) is 9.39. The Balaban J connectivity index is 1.64. The molecule has 1 saturated carbocycles. The molecule has 118 valence electrons. The third-order valence-electron chi connectivity index (χ3n) is 5.50. The molecule has 1 aliphatic carbocycles. The molecule has 0 aromatic carbocycles. The van der Waals surface area contributed by atoms with Gasteiger partial charge in [0.05, 0.1) is 6.61 Å². The van der Waals surface area contributed by atoms with Gasteiger partial charge in [-0.15, -0.1) is 0 Å². The van der Waals surface area contributed by atoms with Crippen molar-refractivity contribution in [3.8, 4) is 0 Å². The second-order valence-corrected chi connectivity index (χ2v) is 7.05. The van der Waals surface area contributed by atoms with Crippen LogP contribution in [-0.2, 0) is 0 Å². The third-order valence-corrected chi connectivity index (χ3v) is 5.50. The van der Waals surface area contributed by atoms with Crippen molar-refractivity contribution in [2.45, 2.75) is 58.4 Å². The zero-order valence-corrected chi connectivity index (χ0v) is 13.6. The Kier molecular flexibility index (Phi) is 6.79. The quantitative estimate of drug-likeness (QED) is 0.811. The number of aliphatic hydroxyl groups excluding tert-OH is 1. The summed E-state index contributed by atoms with van der Waals surface area (Å²) in [6.45, 7) is 10.9. The molecule has 3 unspecified atom stereocenters. The van der Waals surface area contributed by atoms with Crippen LogP contribution in [0.2, 0.25) is 0 Å². The number of aliphatic hydroxyl groups is 1. The number of nitrogens with zero attached hydrogens (tertiary/aromatic N) is 2. The van der Waals surface area contributed by atoms with Crippen LogP contribution in [0.3, 0.4) is 0 Å². The molecule has 1 aliphatic heterocycles. The van der Waals surface area contributed by atoms with Crippen LogP contribution in [0.5, 0.6) is 0 Å². The zero-order valence-electron chi connectivity index (χ0n) is 13.6. The summed E-state index contributed by atoms with van der Waals surface area (Å²) < 4.78 is 0. The van der Waals surface area contributed by atoms with Crippen molar-refractivity contribution in [2.24, 2.45) is 11.8 Å². The summed E-state index contributed by atoms with van der Waals surface area (Å²) in [5.41, 5.74) is 0. The molecule has 0 aromatic rings. The van der Waals surface area contributed by atoms with Crippen molar-refractivity contribution in [3.05, 3.63) is 0 Å². The molecule has 20 heavy (non-hydrogen) atoms. The predicted octanol–water partition coefficient (Wildman–Crippen LogP) is 2.59. The molecule has 0 bridgehead atoms. The molecule has 1 heterocycles. The number of hydrogen-bond donors (Lipinski definition) is 1. The Morgan fingerprint density at radius 3 is 2.50 bits per heavy atom. The van der Waals surface area contributed by atoms with Crippen LogP contribution in [0.4, 0.5) is 0 Å². The molecule has 1 saturated heterocycles. The first-order valence-corrected chi connectivity index (χ1v) is 8.80. The van der Waals surface area contributed by atoms with Crippen LogP contribution in [0.25, 0.3) is 0 Å².